The quantitative estimate of drug-likeness (QED) is 0.516. The van der Waals surface area contributed by atoms with E-state index < -0.39 is 11.6 Å². The molecule has 0 radical (unpaired) electrons. The van der Waals surface area contributed by atoms with Crippen LogP contribution in [0.4, 0.5) is 8.78 Å². The summed E-state index contributed by atoms with van der Waals surface area (Å²) in [5.74, 6) is 0.387. The van der Waals surface area contributed by atoms with Crippen molar-refractivity contribution in [3.63, 3.8) is 0 Å². The van der Waals surface area contributed by atoms with Gasteiger partial charge in [-0.05, 0) is 49.7 Å². The van der Waals surface area contributed by atoms with Gasteiger partial charge in [-0.1, -0.05) is 48.5 Å². The number of likely N-dealkylation sites (tertiary alicyclic amines) is 1. The summed E-state index contributed by atoms with van der Waals surface area (Å²) in [6, 6.07) is 13.7. The van der Waals surface area contributed by atoms with Crippen LogP contribution in [0.1, 0.15) is 36.2 Å². The lowest BCUT2D eigenvalue weighted by Gasteiger charge is -2.26. The molecule has 4 nitrogen and oxygen atoms in total. The molecule has 3 aromatic rings. The Morgan fingerprint density at radius 3 is 2.48 bits per heavy atom. The summed E-state index contributed by atoms with van der Waals surface area (Å²) < 4.78 is 29.6. The van der Waals surface area contributed by atoms with E-state index in [0.717, 1.165) is 42.2 Å². The molecule has 152 valence electrons. The zero-order valence-electron chi connectivity index (χ0n) is 16.2. The van der Waals surface area contributed by atoms with Crippen LogP contribution in [0.3, 0.4) is 0 Å². The van der Waals surface area contributed by atoms with Crippen molar-refractivity contribution >= 4 is 11.8 Å². The van der Waals surface area contributed by atoms with Gasteiger partial charge in [0.25, 0.3) is 0 Å². The Hall–Kier alpha value is -2.25. The molecule has 1 aromatic heterocycles. The Morgan fingerprint density at radius 2 is 1.69 bits per heavy atom. The second-order valence-corrected chi connectivity index (χ2v) is 8.27. The summed E-state index contributed by atoms with van der Waals surface area (Å²) in [4.78, 5) is 2.41. The Bertz CT molecular complexity index is 939. The predicted octanol–water partition coefficient (Wildman–Crippen LogP) is 4.88. The molecule has 1 aliphatic rings. The van der Waals surface area contributed by atoms with E-state index in [1.807, 2.05) is 18.2 Å². The maximum atomic E-state index is 14.0. The molecule has 7 heteroatoms. The molecule has 0 aliphatic carbocycles. The van der Waals surface area contributed by atoms with E-state index in [2.05, 4.69) is 31.8 Å². The van der Waals surface area contributed by atoms with Gasteiger partial charge in [0.15, 0.2) is 5.16 Å². The molecule has 2 aromatic carbocycles. The fourth-order valence-corrected chi connectivity index (χ4v) is 4.51. The van der Waals surface area contributed by atoms with Crippen molar-refractivity contribution in [2.45, 2.75) is 43.3 Å². The molecule has 0 spiro atoms. The van der Waals surface area contributed by atoms with Crippen LogP contribution in [0.15, 0.2) is 53.7 Å². The lowest BCUT2D eigenvalue weighted by atomic mass is 10.1. The Labute approximate surface area is 174 Å². The second-order valence-electron chi connectivity index (χ2n) is 7.33. The molecular weight excluding hydrogens is 390 g/mol. The van der Waals surface area contributed by atoms with Crippen molar-refractivity contribution in [2.75, 3.05) is 13.1 Å². The normalized spacial score (nSPS) is 15.0. The van der Waals surface area contributed by atoms with Crippen LogP contribution in [0.5, 0.6) is 0 Å². The van der Waals surface area contributed by atoms with Crippen molar-refractivity contribution in [2.24, 2.45) is 0 Å². The largest absolute Gasteiger partial charge is 0.300 e. The van der Waals surface area contributed by atoms with Gasteiger partial charge in [-0.3, -0.25) is 4.90 Å². The number of nitrogens with zero attached hydrogens (tertiary/aromatic N) is 4. The molecular formula is C22H24F2N4S. The van der Waals surface area contributed by atoms with Gasteiger partial charge in [0.05, 0.1) is 13.1 Å². The van der Waals surface area contributed by atoms with Gasteiger partial charge in [-0.15, -0.1) is 10.2 Å². The first-order valence-corrected chi connectivity index (χ1v) is 10.9. The first kappa shape index (κ1) is 20.0. The lowest BCUT2D eigenvalue weighted by molar-refractivity contribution is 0.213. The van der Waals surface area contributed by atoms with Crippen LogP contribution in [0.2, 0.25) is 0 Å². The highest BCUT2D eigenvalue weighted by molar-refractivity contribution is 7.98. The Balaban J connectivity index is 1.55. The summed E-state index contributed by atoms with van der Waals surface area (Å²) in [5.41, 5.74) is 1.49. The van der Waals surface area contributed by atoms with Crippen LogP contribution in [0, 0.1) is 11.6 Å². The molecule has 1 aliphatic heterocycles. The van der Waals surface area contributed by atoms with Gasteiger partial charge in [-0.2, -0.15) is 0 Å². The monoisotopic (exact) mass is 414 g/mol. The fourth-order valence-electron chi connectivity index (χ4n) is 3.58. The van der Waals surface area contributed by atoms with Crippen LogP contribution in [0.25, 0.3) is 0 Å². The molecule has 0 saturated carbocycles. The first-order valence-electron chi connectivity index (χ1n) is 9.94. The standard InChI is InChI=1S/C22H24F2N4S/c23-19-9-10-20(24)18(13-19)16-29-22-26-25-21(15-27-11-5-2-6-12-27)28(22)14-17-7-3-1-4-8-17/h1,3-4,7-10,13H,2,5-6,11-12,14-16H2. The van der Waals surface area contributed by atoms with Gasteiger partial charge < -0.3 is 4.57 Å². The number of halogens is 2. The van der Waals surface area contributed by atoms with Crippen LogP contribution in [-0.4, -0.2) is 32.8 Å². The van der Waals surface area contributed by atoms with Crippen LogP contribution >= 0.6 is 11.8 Å². The van der Waals surface area contributed by atoms with Gasteiger partial charge in [0.1, 0.15) is 17.5 Å². The fraction of sp³-hybridized carbons (Fsp3) is 0.364. The van der Waals surface area contributed by atoms with Gasteiger partial charge in [0, 0.05) is 11.3 Å². The minimum Gasteiger partial charge on any atom is -0.300 e. The zero-order valence-corrected chi connectivity index (χ0v) is 17.0. The number of aromatic nitrogens is 3. The average Bonchev–Trinajstić information content (AvgIpc) is 3.11. The summed E-state index contributed by atoms with van der Waals surface area (Å²) in [6.45, 7) is 3.57. The number of hydrogen-bond donors (Lipinski definition) is 0. The Kier molecular flexibility index (Phi) is 6.56. The average molecular weight is 415 g/mol. The molecule has 0 bridgehead atoms. The van der Waals surface area contributed by atoms with E-state index in [0.29, 0.717) is 17.9 Å². The van der Waals surface area contributed by atoms with Gasteiger partial charge >= 0.3 is 0 Å². The highest BCUT2D eigenvalue weighted by Crippen LogP contribution is 2.25. The van der Waals surface area contributed by atoms with E-state index in [1.54, 1.807) is 0 Å². The van der Waals surface area contributed by atoms with Gasteiger partial charge in [-0.25, -0.2) is 8.78 Å². The number of benzene rings is 2. The molecule has 29 heavy (non-hydrogen) atoms. The second kappa shape index (κ2) is 9.50. The molecule has 0 amide bonds. The molecule has 4 rings (SSSR count). The SMILES string of the molecule is Fc1ccc(F)c(CSc2nnc(CN3CCCCC3)n2Cc2ccccc2)c1. The molecule has 0 unspecified atom stereocenters. The Morgan fingerprint density at radius 1 is 0.897 bits per heavy atom. The lowest BCUT2D eigenvalue weighted by Crippen LogP contribution is -2.30. The number of rotatable bonds is 7. The van der Waals surface area contributed by atoms with Gasteiger partial charge in [0.2, 0.25) is 0 Å². The van der Waals surface area contributed by atoms with E-state index >= 15 is 0 Å². The zero-order chi connectivity index (χ0) is 20.1. The number of hydrogen-bond acceptors (Lipinski definition) is 4. The van der Waals surface area contributed by atoms with Crippen molar-refractivity contribution in [1.82, 2.24) is 19.7 Å². The molecule has 0 atom stereocenters. The molecule has 2 heterocycles. The maximum absolute atomic E-state index is 14.0. The molecule has 1 fully saturated rings. The van der Waals surface area contributed by atoms with E-state index in [1.165, 1.54) is 43.2 Å². The van der Waals surface area contributed by atoms with Crippen molar-refractivity contribution < 1.29 is 8.78 Å². The maximum Gasteiger partial charge on any atom is 0.191 e. The topological polar surface area (TPSA) is 34.0 Å². The van der Waals surface area contributed by atoms with E-state index in [-0.39, 0.29) is 0 Å². The smallest absolute Gasteiger partial charge is 0.191 e. The summed E-state index contributed by atoms with van der Waals surface area (Å²) >= 11 is 1.39. The summed E-state index contributed by atoms with van der Waals surface area (Å²) in [6.07, 6.45) is 3.72. The van der Waals surface area contributed by atoms with Crippen molar-refractivity contribution in [3.05, 3.63) is 77.1 Å². The van der Waals surface area contributed by atoms with Crippen LogP contribution < -0.4 is 0 Å². The third kappa shape index (κ3) is 5.22. The summed E-state index contributed by atoms with van der Waals surface area (Å²) in [5, 5.41) is 9.55. The van der Waals surface area contributed by atoms with Crippen molar-refractivity contribution in [1.29, 1.82) is 0 Å². The minimum absolute atomic E-state index is 0.306. The third-order valence-corrected chi connectivity index (χ3v) is 6.17. The number of piperidine rings is 1. The molecule has 1 saturated heterocycles. The van der Waals surface area contributed by atoms with E-state index in [9.17, 15) is 8.78 Å². The van der Waals surface area contributed by atoms with Crippen molar-refractivity contribution in [3.8, 4) is 0 Å². The van der Waals surface area contributed by atoms with Crippen LogP contribution in [-0.2, 0) is 18.8 Å². The summed E-state index contributed by atoms with van der Waals surface area (Å²) in [7, 11) is 0. The predicted molar refractivity (Wildman–Crippen MR) is 111 cm³/mol. The van der Waals surface area contributed by atoms with E-state index in [4.69, 9.17) is 0 Å². The molecule has 0 N–H and O–H groups in total. The third-order valence-electron chi connectivity index (χ3n) is 5.16. The highest BCUT2D eigenvalue weighted by atomic mass is 32.2. The first-order chi connectivity index (χ1) is 14.2. The number of thioether (sulfide) groups is 1. The highest BCUT2D eigenvalue weighted by Gasteiger charge is 2.18. The minimum atomic E-state index is -0.432.